The van der Waals surface area contributed by atoms with Crippen LogP contribution in [0.3, 0.4) is 0 Å². The second-order valence-corrected chi connectivity index (χ2v) is 0. The molecule has 0 bridgehead atoms. The van der Waals surface area contributed by atoms with Crippen molar-refractivity contribution in [3.63, 3.8) is 0 Å². The summed E-state index contributed by atoms with van der Waals surface area (Å²) >= 11 is 0. The molecule has 0 aromatic rings. The average molecular weight is 455 g/mol. The Hall–Kier alpha value is 1.63. The van der Waals surface area contributed by atoms with Gasteiger partial charge < -0.3 is 43.8 Å². The van der Waals surface area contributed by atoms with E-state index >= 15 is 0 Å². The molecule has 14 N–H and O–H groups in total. The molecular weight excluding hydrogens is 441 g/mol. The van der Waals surface area contributed by atoms with Gasteiger partial charge in [-0.05, 0) is 0 Å². The molecule has 11 heavy (non-hydrogen) atoms. The van der Waals surface area contributed by atoms with Crippen LogP contribution in [0.25, 0.3) is 0 Å². The predicted molar refractivity (Wildman–Crippen MR) is 31.3 cm³/mol. The van der Waals surface area contributed by atoms with Crippen LogP contribution in [-0.4, -0.2) is 70.0 Å². The van der Waals surface area contributed by atoms with Gasteiger partial charge in [-0.1, -0.05) is 0 Å². The third-order valence-corrected chi connectivity index (χ3v) is 0. The van der Waals surface area contributed by atoms with Gasteiger partial charge >= 0.3 is 0 Å². The summed E-state index contributed by atoms with van der Waals surface area (Å²) in [5.74, 6) is 0. The van der Waals surface area contributed by atoms with E-state index in [-0.39, 0.29) is 105 Å². The van der Waals surface area contributed by atoms with Gasteiger partial charge in [-0.15, -0.1) is 0 Å². The van der Waals surface area contributed by atoms with E-state index in [4.69, 9.17) is 0 Å². The Kier molecular flexibility index (Phi) is 29000. The summed E-state index contributed by atoms with van der Waals surface area (Å²) in [5, 5.41) is 0. The molecule has 0 heterocycles. The maximum absolute atomic E-state index is 0. The van der Waals surface area contributed by atoms with Gasteiger partial charge in [-0.3, -0.25) is 0 Å². The third kappa shape index (κ3) is 407. The van der Waals surface area contributed by atoms with Crippen LogP contribution in [0.5, 0.6) is 0 Å². The summed E-state index contributed by atoms with van der Waals surface area (Å²) in [4.78, 5) is 0. The quantitative estimate of drug-likeness (QED) is 0.324. The Labute approximate surface area is 104 Å². The monoisotopic (exact) mass is 455 g/mol. The second-order valence-electron chi connectivity index (χ2n) is 0. The van der Waals surface area contributed by atoms with Crippen LogP contribution in [0.2, 0.25) is 0 Å². The molecule has 0 aliphatic heterocycles. The molecule has 11 heteroatoms. The van der Waals surface area contributed by atoms with Crippen LogP contribution in [0.15, 0.2) is 0 Å². The Balaban J connectivity index is 0. The van der Waals surface area contributed by atoms with Crippen LogP contribution >= 0.6 is 0 Å². The summed E-state index contributed by atoms with van der Waals surface area (Å²) in [6.07, 6.45) is 0. The van der Waals surface area contributed by atoms with Crippen LogP contribution in [0, 0.1) is 0 Å². The second kappa shape index (κ2) is 496. The Bertz CT molecular complexity index is 12.1. The largest absolute Gasteiger partial charge is 0.870 e. The fourth-order valence-electron chi connectivity index (χ4n) is 0. The zero-order chi connectivity index (χ0) is 0. The first-order valence-corrected chi connectivity index (χ1v) is 0. The first kappa shape index (κ1) is 644. The minimum Gasteiger partial charge on any atom is -0.870 e. The van der Waals surface area contributed by atoms with E-state index in [2.05, 4.69) is 0 Å². The Morgan fingerprint density at radius 1 is 0.364 bits per heavy atom. The third-order valence-electron chi connectivity index (χ3n) is 0. The van der Waals surface area contributed by atoms with Crippen LogP contribution in [-0.2, 0) is 34.7 Å². The van der Waals surface area contributed by atoms with Gasteiger partial charge in [0.25, 0.3) is 0 Å². The average Bonchev–Trinajstić information content (AvgIpc) is 0. The normalized spacial score (nSPS) is 0. The van der Waals surface area contributed by atoms with E-state index in [1.165, 1.54) is 0 Å². The molecule has 0 aliphatic rings. The number of rotatable bonds is 0. The fourth-order valence-corrected chi connectivity index (χ4v) is 0. The smallest absolute Gasteiger partial charge is 0 e. The van der Waals surface area contributed by atoms with Crippen molar-refractivity contribution >= 4 is 26.2 Å². The minimum absolute atomic E-state index is 0. The first-order valence-electron chi connectivity index (χ1n) is 0. The molecule has 81 valence electrons. The molecule has 0 atom stereocenters. The Morgan fingerprint density at radius 2 is 0.364 bits per heavy atom. The maximum atomic E-state index is 0. The summed E-state index contributed by atoms with van der Waals surface area (Å²) in [7, 11) is 0. The van der Waals surface area contributed by atoms with Crippen molar-refractivity contribution in [2.75, 3.05) is 0 Å². The minimum atomic E-state index is 0. The van der Waals surface area contributed by atoms with Crippen molar-refractivity contribution < 1.29 is 78.5 Å². The van der Waals surface area contributed by atoms with Crippen molar-refractivity contribution in [3.8, 4) is 0 Å². The zero-order valence-electron chi connectivity index (χ0n) is 5.16. The molecule has 0 aliphatic carbocycles. The fraction of sp³-hybridized carbons (Fsp3) is 0. The molecule has 0 amide bonds. The molecule has 0 unspecified atom stereocenters. The molecule has 3 radical (unpaired) electrons. The topological polar surface area (TPSA) is 249 Å². The van der Waals surface area contributed by atoms with Crippen molar-refractivity contribution in [2.24, 2.45) is 0 Å². The molecule has 0 fully saturated rings. The summed E-state index contributed by atoms with van der Waals surface area (Å²) in [6.45, 7) is 0. The van der Waals surface area contributed by atoms with E-state index in [1.54, 1.807) is 0 Å². The van der Waals surface area contributed by atoms with Gasteiger partial charge in [0.1, 0.15) is 0 Å². The van der Waals surface area contributed by atoms with Gasteiger partial charge in [-0.25, -0.2) is 0 Å². The number of hydrogen-bond acceptors (Lipinski definition) is 2. The van der Waals surface area contributed by atoms with Crippen LogP contribution in [0.1, 0.15) is 0 Å². The van der Waals surface area contributed by atoms with E-state index in [1.807, 2.05) is 0 Å². The molecule has 0 rings (SSSR count). The van der Waals surface area contributed by atoms with Gasteiger partial charge in [0, 0.05) is 60.9 Å². The van der Waals surface area contributed by atoms with Crippen molar-refractivity contribution in [1.82, 2.24) is 0 Å². The first-order chi connectivity index (χ1) is 0. The Morgan fingerprint density at radius 3 is 0.364 bits per heavy atom. The zero-order valence-corrected chi connectivity index (χ0v) is 11.2. The van der Waals surface area contributed by atoms with E-state index in [0.29, 0.717) is 0 Å². The molecule has 0 spiro atoms. The molecular formula is H14BiCr2O8-2. The number of hydrogen-bond donors (Lipinski definition) is 0. The van der Waals surface area contributed by atoms with Crippen molar-refractivity contribution in [1.29, 1.82) is 0 Å². The van der Waals surface area contributed by atoms with E-state index < -0.39 is 0 Å². The van der Waals surface area contributed by atoms with E-state index in [0.717, 1.165) is 0 Å². The molecule has 0 saturated carbocycles. The SMILES string of the molecule is O.O.O.O.O.O.[Bi].[Cr].[Cr].[OH-].[OH-]. The molecule has 0 aromatic heterocycles. The molecule has 0 saturated heterocycles. The summed E-state index contributed by atoms with van der Waals surface area (Å²) < 4.78 is 0. The maximum Gasteiger partial charge on any atom is 0 e. The summed E-state index contributed by atoms with van der Waals surface area (Å²) in [6, 6.07) is 0. The van der Waals surface area contributed by atoms with Crippen LogP contribution < -0.4 is 0 Å². The van der Waals surface area contributed by atoms with Crippen molar-refractivity contribution in [2.45, 2.75) is 0 Å². The molecule has 8 nitrogen and oxygen atoms in total. The standard InChI is InChI=1S/Bi.2Cr.8H2O/h;;;8*1H2/p-2. The summed E-state index contributed by atoms with van der Waals surface area (Å²) in [5.41, 5.74) is 0. The molecule has 0 aromatic carbocycles. The predicted octanol–water partition coefficient (Wildman–Crippen LogP) is -5.69. The van der Waals surface area contributed by atoms with Crippen LogP contribution in [0.4, 0.5) is 0 Å². The van der Waals surface area contributed by atoms with E-state index in [9.17, 15) is 0 Å². The van der Waals surface area contributed by atoms with Crippen molar-refractivity contribution in [3.05, 3.63) is 0 Å². The van der Waals surface area contributed by atoms with Gasteiger partial charge in [0.2, 0.25) is 0 Å². The van der Waals surface area contributed by atoms with Gasteiger partial charge in [-0.2, -0.15) is 0 Å². The van der Waals surface area contributed by atoms with Gasteiger partial charge in [0.15, 0.2) is 0 Å². The van der Waals surface area contributed by atoms with Gasteiger partial charge in [0.05, 0.1) is 0 Å².